The lowest BCUT2D eigenvalue weighted by Gasteiger charge is -2.49. The van der Waals surface area contributed by atoms with Gasteiger partial charge in [0.15, 0.2) is 18.9 Å². The topological polar surface area (TPSA) is 136 Å². The molecule has 4 fully saturated rings. The fraction of sp³-hybridized carbons (Fsp3) is 0.484. The second-order valence-corrected chi connectivity index (χ2v) is 10.9. The van der Waals surface area contributed by atoms with Crippen molar-refractivity contribution in [1.82, 2.24) is 0 Å². The van der Waals surface area contributed by atoms with Gasteiger partial charge >= 0.3 is 0 Å². The standard InChI is InChI=1S/C31H36O10/c1-3-16-5-9-18(10-6-16)20-13-14-21-27(37-20)23(32)25(34)30(38-21)41-31-26(35)24(33)28-22(39-31)15-36-29(40-28)19-11-7-17(4-2)8-12-19/h3-12,20-35H,1-2,13-15H2/t20?,21-,22-,23-,24-,25-,26-,27-,28-,29?,30-,31-/m1/s1. The summed E-state index contributed by atoms with van der Waals surface area (Å²) in [6.45, 7) is 7.59. The van der Waals surface area contributed by atoms with E-state index in [1.807, 2.05) is 48.5 Å². The van der Waals surface area contributed by atoms with E-state index in [4.69, 9.17) is 28.4 Å². The van der Waals surface area contributed by atoms with Crippen LogP contribution in [0, 0.1) is 0 Å². The quantitative estimate of drug-likeness (QED) is 0.411. The molecule has 0 saturated carbocycles. The van der Waals surface area contributed by atoms with Crippen molar-refractivity contribution < 1.29 is 48.8 Å². The molecule has 0 bridgehead atoms. The highest BCUT2D eigenvalue weighted by Crippen LogP contribution is 2.40. The molecule has 0 spiro atoms. The molecular weight excluding hydrogens is 532 g/mol. The predicted octanol–water partition coefficient (Wildman–Crippen LogP) is 2.22. The molecule has 10 nitrogen and oxygen atoms in total. The summed E-state index contributed by atoms with van der Waals surface area (Å²) in [6.07, 6.45) is -7.58. The smallest absolute Gasteiger partial charge is 0.189 e. The zero-order valence-electron chi connectivity index (χ0n) is 22.5. The van der Waals surface area contributed by atoms with Gasteiger partial charge in [-0.25, -0.2) is 0 Å². The maximum Gasteiger partial charge on any atom is 0.189 e. The number of hydrogen-bond donors (Lipinski definition) is 4. The minimum absolute atomic E-state index is 0.0760. The van der Waals surface area contributed by atoms with Crippen LogP contribution >= 0.6 is 0 Å². The lowest BCUT2D eigenvalue weighted by molar-refractivity contribution is -0.402. The fourth-order valence-electron chi connectivity index (χ4n) is 5.86. The molecule has 4 N–H and O–H groups in total. The van der Waals surface area contributed by atoms with Crippen molar-refractivity contribution in [3.8, 4) is 0 Å². The van der Waals surface area contributed by atoms with E-state index in [0.717, 1.165) is 22.3 Å². The van der Waals surface area contributed by atoms with Gasteiger partial charge in [0.2, 0.25) is 0 Å². The first kappa shape index (κ1) is 28.6. The van der Waals surface area contributed by atoms with Crippen LogP contribution < -0.4 is 0 Å². The predicted molar refractivity (Wildman–Crippen MR) is 146 cm³/mol. The molecule has 4 aliphatic rings. The van der Waals surface area contributed by atoms with E-state index in [1.54, 1.807) is 12.2 Å². The Balaban J connectivity index is 1.07. The van der Waals surface area contributed by atoms with Crippen LogP contribution in [0.5, 0.6) is 0 Å². The van der Waals surface area contributed by atoms with E-state index in [1.165, 1.54) is 0 Å². The number of ether oxygens (including phenoxy) is 6. The lowest BCUT2D eigenvalue weighted by Crippen LogP contribution is -2.65. The third kappa shape index (κ3) is 5.65. The Labute approximate surface area is 238 Å². The average molecular weight is 569 g/mol. The largest absolute Gasteiger partial charge is 0.387 e. The van der Waals surface area contributed by atoms with Gasteiger partial charge in [-0.3, -0.25) is 0 Å². The molecule has 4 saturated heterocycles. The van der Waals surface area contributed by atoms with Crippen molar-refractivity contribution in [2.45, 2.75) is 86.6 Å². The third-order valence-corrected chi connectivity index (χ3v) is 8.27. The van der Waals surface area contributed by atoms with Gasteiger partial charge in [-0.05, 0) is 29.5 Å². The van der Waals surface area contributed by atoms with Crippen LogP contribution in [-0.2, 0) is 28.4 Å². The summed E-state index contributed by atoms with van der Waals surface area (Å²) in [4.78, 5) is 0. The van der Waals surface area contributed by atoms with Gasteiger partial charge in [-0.15, -0.1) is 0 Å². The van der Waals surface area contributed by atoms with Gasteiger partial charge in [0.1, 0.15) is 42.7 Å². The van der Waals surface area contributed by atoms with Gasteiger partial charge in [0.05, 0.1) is 18.8 Å². The van der Waals surface area contributed by atoms with Crippen LogP contribution in [0.25, 0.3) is 12.2 Å². The number of fused-ring (bicyclic) bond motifs is 2. The number of aliphatic hydroxyl groups is 4. The first-order valence-electron chi connectivity index (χ1n) is 13.9. The molecule has 2 unspecified atom stereocenters. The molecule has 0 aliphatic carbocycles. The summed E-state index contributed by atoms with van der Waals surface area (Å²) < 4.78 is 35.7. The Bertz CT molecular complexity index is 1100. The van der Waals surface area contributed by atoms with Crippen LogP contribution in [0.15, 0.2) is 61.7 Å². The Morgan fingerprint density at radius 2 is 1.17 bits per heavy atom. The fourth-order valence-corrected chi connectivity index (χ4v) is 5.86. The monoisotopic (exact) mass is 568 g/mol. The normalized spacial score (nSPS) is 40.7. The van der Waals surface area contributed by atoms with Crippen molar-refractivity contribution in [3.63, 3.8) is 0 Å². The van der Waals surface area contributed by atoms with Crippen molar-refractivity contribution in [2.24, 2.45) is 0 Å². The molecule has 10 heteroatoms. The summed E-state index contributed by atoms with van der Waals surface area (Å²) >= 11 is 0. The molecule has 6 rings (SSSR count). The summed E-state index contributed by atoms with van der Waals surface area (Å²) in [7, 11) is 0. The van der Waals surface area contributed by atoms with Crippen molar-refractivity contribution in [2.75, 3.05) is 6.61 Å². The van der Waals surface area contributed by atoms with E-state index in [-0.39, 0.29) is 12.7 Å². The van der Waals surface area contributed by atoms with Gasteiger partial charge in [-0.2, -0.15) is 0 Å². The molecule has 0 aromatic heterocycles. The highest BCUT2D eigenvalue weighted by Gasteiger charge is 2.53. The maximum absolute atomic E-state index is 10.9. The minimum atomic E-state index is -1.51. The molecule has 12 atom stereocenters. The van der Waals surface area contributed by atoms with E-state index in [9.17, 15) is 20.4 Å². The Hall–Kier alpha value is -2.48. The highest BCUT2D eigenvalue weighted by molar-refractivity contribution is 5.48. The Kier molecular flexibility index (Phi) is 8.39. The third-order valence-electron chi connectivity index (χ3n) is 8.27. The van der Waals surface area contributed by atoms with E-state index in [0.29, 0.717) is 12.8 Å². The lowest BCUT2D eigenvalue weighted by atomic mass is 9.89. The SMILES string of the molecule is C=Cc1ccc(C2CC[C@H]3O[C@H](O[C@H]4O[C@@H]5COC(c6ccc(C=C)cc6)O[C@H]5[C@H](O)[C@H]4O)[C@H](O)[C@@H](O)[C@@H]3O2)cc1. The Morgan fingerprint density at radius 3 is 1.76 bits per heavy atom. The van der Waals surface area contributed by atoms with E-state index >= 15 is 0 Å². The van der Waals surface area contributed by atoms with Crippen LogP contribution in [0.1, 0.15) is 47.5 Å². The van der Waals surface area contributed by atoms with Crippen LogP contribution in [0.4, 0.5) is 0 Å². The first-order chi connectivity index (χ1) is 19.9. The number of aliphatic hydroxyl groups excluding tert-OH is 4. The molecule has 4 heterocycles. The number of rotatable bonds is 6. The minimum Gasteiger partial charge on any atom is -0.387 e. The average Bonchev–Trinajstić information content (AvgIpc) is 3.02. The van der Waals surface area contributed by atoms with Crippen molar-refractivity contribution in [3.05, 3.63) is 83.9 Å². The molecule has 2 aromatic rings. The molecule has 0 radical (unpaired) electrons. The molecule has 0 amide bonds. The van der Waals surface area contributed by atoms with E-state index in [2.05, 4.69) is 13.2 Å². The van der Waals surface area contributed by atoms with E-state index < -0.39 is 67.7 Å². The van der Waals surface area contributed by atoms with Gasteiger partial charge in [0, 0.05) is 5.56 Å². The van der Waals surface area contributed by atoms with Crippen LogP contribution in [0.3, 0.4) is 0 Å². The molecule has 2 aromatic carbocycles. The Morgan fingerprint density at radius 1 is 0.634 bits per heavy atom. The maximum atomic E-state index is 10.9. The first-order valence-corrected chi connectivity index (χ1v) is 13.9. The molecule has 4 aliphatic heterocycles. The van der Waals surface area contributed by atoms with Gasteiger partial charge < -0.3 is 48.8 Å². The zero-order chi connectivity index (χ0) is 28.7. The summed E-state index contributed by atoms with van der Waals surface area (Å²) in [5.74, 6) is 0. The van der Waals surface area contributed by atoms with Crippen molar-refractivity contribution >= 4 is 12.2 Å². The molecular formula is C31H36O10. The number of hydrogen-bond acceptors (Lipinski definition) is 10. The van der Waals surface area contributed by atoms with Crippen molar-refractivity contribution in [1.29, 1.82) is 0 Å². The van der Waals surface area contributed by atoms with Gasteiger partial charge in [-0.1, -0.05) is 73.8 Å². The van der Waals surface area contributed by atoms with Crippen LogP contribution in [0.2, 0.25) is 0 Å². The summed E-state index contributed by atoms with van der Waals surface area (Å²) in [6, 6.07) is 15.2. The second kappa shape index (κ2) is 12.0. The highest BCUT2D eigenvalue weighted by atomic mass is 16.8. The molecule has 41 heavy (non-hydrogen) atoms. The van der Waals surface area contributed by atoms with Gasteiger partial charge in [0.25, 0.3) is 0 Å². The second-order valence-electron chi connectivity index (χ2n) is 10.9. The summed E-state index contributed by atoms with van der Waals surface area (Å²) in [5.41, 5.74) is 3.65. The zero-order valence-corrected chi connectivity index (χ0v) is 22.5. The van der Waals surface area contributed by atoms with Crippen LogP contribution in [-0.4, -0.2) is 88.4 Å². The molecule has 220 valence electrons. The summed E-state index contributed by atoms with van der Waals surface area (Å²) in [5, 5.41) is 43.6. The number of benzene rings is 2.